The molecule has 4 aromatic carbocycles. The molecule has 2 aliphatic heterocycles. The van der Waals surface area contributed by atoms with E-state index in [-0.39, 0.29) is 0 Å². The van der Waals surface area contributed by atoms with E-state index in [2.05, 4.69) is 190 Å². The first kappa shape index (κ1) is 37.0. The summed E-state index contributed by atoms with van der Waals surface area (Å²) in [7, 11) is 0. The minimum absolute atomic E-state index is 0.408. The van der Waals surface area contributed by atoms with Gasteiger partial charge in [-0.05, 0) is 111 Å². The Bertz CT molecular complexity index is 2480. The highest BCUT2D eigenvalue weighted by molar-refractivity contribution is 6.73. The number of hydrogen-bond donors (Lipinski definition) is 0. The minimum atomic E-state index is -1.63. The molecule has 0 saturated heterocycles. The highest BCUT2D eigenvalue weighted by Crippen LogP contribution is 2.44. The molecular formula is C51H49BN3+. The Labute approximate surface area is 328 Å². The quantitative estimate of drug-likeness (QED) is 0.105. The van der Waals surface area contributed by atoms with Crippen molar-refractivity contribution < 1.29 is 4.49 Å². The number of aryl methyl sites for hydroxylation is 3. The lowest BCUT2D eigenvalue weighted by atomic mass is 9.48. The smallest absolute Gasteiger partial charge is 0.409 e. The Morgan fingerprint density at radius 1 is 0.673 bits per heavy atom. The van der Waals surface area contributed by atoms with Crippen LogP contribution >= 0.6 is 0 Å². The molecule has 0 spiro atoms. The standard InChI is InChI=1S/C51H49BN3/c1-36(2)32-49-50-45(28-24-40-14-8-37(3)9-15-40)33-47(30-26-41-16-10-38(4)11-17-41)54(50)52(6,7)55-48(31-27-42-18-12-39(5)13-19-42)34-46(51(49)55)29-25-43-20-22-44(35-53)23-21-43/h8-31,33-34,36H,6,32H2,1-5,7H3/q+1/b28-24+,29-25+,30-26+,31-27+. The SMILES string of the molecule is [CH2+][B-]1(C)n2c(/C=C/c3ccc(C)cc3)cc(/C=C/c3ccc(C#N)cc3)c2C(CC(C)C)=C2C(/C=C/c3ccc(C)cc3)=CC(/C=C/c3ccc(C)cc3)=[N+]21. The van der Waals surface area contributed by atoms with Crippen molar-refractivity contribution in [3.05, 3.63) is 201 Å². The summed E-state index contributed by atoms with van der Waals surface area (Å²) >= 11 is 0. The summed E-state index contributed by atoms with van der Waals surface area (Å²) in [5.41, 5.74) is 17.3. The van der Waals surface area contributed by atoms with Crippen molar-refractivity contribution in [3.8, 4) is 6.07 Å². The monoisotopic (exact) mass is 714 g/mol. The van der Waals surface area contributed by atoms with Gasteiger partial charge in [-0.1, -0.05) is 140 Å². The zero-order valence-electron chi connectivity index (χ0n) is 32.9. The lowest BCUT2D eigenvalue weighted by Crippen LogP contribution is -2.54. The molecule has 0 aliphatic carbocycles. The largest absolute Gasteiger partial charge is 0.557 e. The molecule has 5 aromatic rings. The number of rotatable bonds is 10. The molecule has 1 atom stereocenters. The van der Waals surface area contributed by atoms with E-state index >= 15 is 0 Å². The van der Waals surface area contributed by atoms with Gasteiger partial charge in [0.25, 0.3) is 0 Å². The van der Waals surface area contributed by atoms with E-state index < -0.39 is 6.42 Å². The van der Waals surface area contributed by atoms with Gasteiger partial charge in [-0.15, -0.1) is 0 Å². The van der Waals surface area contributed by atoms with Gasteiger partial charge in [-0.2, -0.15) is 5.26 Å². The molecule has 4 heteroatoms. The molecule has 0 radical (unpaired) electrons. The molecule has 0 N–H and O–H groups in total. The van der Waals surface area contributed by atoms with E-state index in [1.807, 2.05) is 24.3 Å². The van der Waals surface area contributed by atoms with E-state index in [0.717, 1.165) is 40.1 Å². The lowest BCUT2D eigenvalue weighted by molar-refractivity contribution is -0.332. The van der Waals surface area contributed by atoms with Crippen molar-refractivity contribution >= 4 is 54.2 Å². The first-order valence-corrected chi connectivity index (χ1v) is 19.4. The molecule has 2 aliphatic rings. The molecule has 0 bridgehead atoms. The van der Waals surface area contributed by atoms with Gasteiger partial charge in [-0.3, -0.25) is 0 Å². The van der Waals surface area contributed by atoms with Crippen LogP contribution in [-0.2, 0) is 0 Å². The molecule has 7 rings (SSSR count). The van der Waals surface area contributed by atoms with Crippen LogP contribution in [-0.4, -0.2) is 21.1 Å². The van der Waals surface area contributed by atoms with Crippen LogP contribution in [0.3, 0.4) is 0 Å². The Hall–Kier alpha value is -6.31. The predicted molar refractivity (Wildman–Crippen MR) is 237 cm³/mol. The number of hydrogen-bond acceptors (Lipinski definition) is 1. The fraction of sp³-hybridized carbons (Fsp3) is 0.157. The Kier molecular flexibility index (Phi) is 10.5. The van der Waals surface area contributed by atoms with Gasteiger partial charge in [0.05, 0.1) is 11.6 Å². The first-order valence-electron chi connectivity index (χ1n) is 19.4. The Morgan fingerprint density at radius 2 is 1.15 bits per heavy atom. The van der Waals surface area contributed by atoms with Gasteiger partial charge >= 0.3 is 6.42 Å². The third kappa shape index (κ3) is 7.98. The Morgan fingerprint density at radius 3 is 1.65 bits per heavy atom. The zero-order chi connectivity index (χ0) is 38.7. The highest BCUT2D eigenvalue weighted by Gasteiger charge is 2.52. The van der Waals surface area contributed by atoms with Crippen LogP contribution < -0.4 is 0 Å². The maximum absolute atomic E-state index is 9.39. The van der Waals surface area contributed by atoms with Crippen LogP contribution in [0.2, 0.25) is 6.82 Å². The zero-order valence-corrected chi connectivity index (χ0v) is 32.9. The van der Waals surface area contributed by atoms with E-state index in [4.69, 9.17) is 6.82 Å². The molecule has 0 saturated carbocycles. The van der Waals surface area contributed by atoms with Crippen LogP contribution in [0.1, 0.15) is 81.7 Å². The van der Waals surface area contributed by atoms with Crippen molar-refractivity contribution in [3.63, 3.8) is 0 Å². The highest BCUT2D eigenvalue weighted by atomic mass is 15.2. The maximum Gasteiger partial charge on any atom is 0.557 e. The van der Waals surface area contributed by atoms with Gasteiger partial charge in [0.1, 0.15) is 0 Å². The van der Waals surface area contributed by atoms with Gasteiger partial charge in [0, 0.05) is 34.7 Å². The number of fused-ring (bicyclic) bond motifs is 2. The van der Waals surface area contributed by atoms with Crippen molar-refractivity contribution in [2.45, 2.75) is 47.9 Å². The molecule has 0 fully saturated rings. The third-order valence-electron chi connectivity index (χ3n) is 10.6. The first-order chi connectivity index (χ1) is 26.5. The predicted octanol–water partition coefficient (Wildman–Crippen LogP) is 12.5. The summed E-state index contributed by atoms with van der Waals surface area (Å²) < 4.78 is 5.02. The average molecular weight is 715 g/mol. The van der Waals surface area contributed by atoms with E-state index in [1.165, 1.54) is 44.8 Å². The molecule has 1 unspecified atom stereocenters. The second-order valence-corrected chi connectivity index (χ2v) is 15.8. The molecule has 270 valence electrons. The summed E-state index contributed by atoms with van der Waals surface area (Å²) in [6.07, 6.45) is 19.5. The third-order valence-corrected chi connectivity index (χ3v) is 10.6. The fourth-order valence-electron chi connectivity index (χ4n) is 7.75. The molecule has 3 nitrogen and oxygen atoms in total. The van der Waals surface area contributed by atoms with Crippen LogP contribution in [0.4, 0.5) is 0 Å². The summed E-state index contributed by atoms with van der Waals surface area (Å²) in [6, 6.07) is 38.4. The van der Waals surface area contributed by atoms with Crippen LogP contribution in [0.25, 0.3) is 42.0 Å². The van der Waals surface area contributed by atoms with Crippen molar-refractivity contribution in [2.24, 2.45) is 5.92 Å². The van der Waals surface area contributed by atoms with Gasteiger partial charge in [0.2, 0.25) is 0 Å². The van der Waals surface area contributed by atoms with Crippen LogP contribution in [0, 0.1) is 44.8 Å². The fourth-order valence-corrected chi connectivity index (χ4v) is 7.75. The van der Waals surface area contributed by atoms with Crippen molar-refractivity contribution in [1.82, 2.24) is 4.48 Å². The number of aromatic nitrogens is 1. The lowest BCUT2D eigenvalue weighted by Gasteiger charge is -2.35. The molecular weight excluding hydrogens is 665 g/mol. The summed E-state index contributed by atoms with van der Waals surface area (Å²) in [4.78, 5) is 0. The van der Waals surface area contributed by atoms with E-state index in [0.29, 0.717) is 11.5 Å². The molecule has 55 heavy (non-hydrogen) atoms. The summed E-state index contributed by atoms with van der Waals surface area (Å²) in [6.45, 7) is 18.4. The topological polar surface area (TPSA) is 31.7 Å². The van der Waals surface area contributed by atoms with Crippen molar-refractivity contribution in [2.75, 3.05) is 0 Å². The second-order valence-electron chi connectivity index (χ2n) is 15.8. The molecule has 1 aromatic heterocycles. The molecule has 0 amide bonds. The van der Waals surface area contributed by atoms with Crippen LogP contribution in [0.15, 0.2) is 133 Å². The molecule has 3 heterocycles. The van der Waals surface area contributed by atoms with Crippen LogP contribution in [0.5, 0.6) is 0 Å². The Balaban J connectivity index is 1.47. The maximum atomic E-state index is 9.39. The number of nitriles is 1. The number of nitrogens with zero attached hydrogens (tertiary/aromatic N) is 3. The summed E-state index contributed by atoms with van der Waals surface area (Å²) in [5, 5.41) is 9.39. The van der Waals surface area contributed by atoms with Gasteiger partial charge in [0.15, 0.2) is 11.4 Å². The van der Waals surface area contributed by atoms with E-state index in [9.17, 15) is 5.26 Å². The van der Waals surface area contributed by atoms with Gasteiger partial charge in [-0.25, -0.2) is 0 Å². The number of benzene rings is 4. The van der Waals surface area contributed by atoms with Crippen molar-refractivity contribution in [1.29, 1.82) is 5.26 Å². The number of allylic oxidation sites excluding steroid dienone is 4. The average Bonchev–Trinajstić information content (AvgIpc) is 3.75. The minimum Gasteiger partial charge on any atom is -0.409 e. The normalized spacial score (nSPS) is 16.9. The van der Waals surface area contributed by atoms with E-state index in [1.54, 1.807) is 0 Å². The summed E-state index contributed by atoms with van der Waals surface area (Å²) in [5.74, 6) is 0.408. The van der Waals surface area contributed by atoms with Gasteiger partial charge < -0.3 is 8.96 Å². The second kappa shape index (κ2) is 15.6.